The fourth-order valence-corrected chi connectivity index (χ4v) is 2.25. The van der Waals surface area contributed by atoms with Crippen LogP contribution >= 0.6 is 15.9 Å². The van der Waals surface area contributed by atoms with Crippen LogP contribution in [-0.4, -0.2) is 17.0 Å². The minimum atomic E-state index is -1.31. The molecule has 2 rings (SSSR count). The summed E-state index contributed by atoms with van der Waals surface area (Å²) in [5, 5.41) is 11.4. The van der Waals surface area contributed by atoms with Gasteiger partial charge in [-0.1, -0.05) is 17.7 Å². The molecule has 0 spiro atoms. The maximum atomic E-state index is 13.8. The van der Waals surface area contributed by atoms with Crippen molar-refractivity contribution in [2.45, 2.75) is 6.92 Å². The molecule has 0 aliphatic carbocycles. The van der Waals surface area contributed by atoms with Gasteiger partial charge in [-0.3, -0.25) is 4.79 Å². The molecular formula is C15H11BrFNO3. The fraction of sp³-hybridized carbons (Fsp3) is 0.0667. The Morgan fingerprint density at radius 1 is 1.19 bits per heavy atom. The van der Waals surface area contributed by atoms with E-state index in [-0.39, 0.29) is 11.3 Å². The summed E-state index contributed by atoms with van der Waals surface area (Å²) in [6.07, 6.45) is 0. The van der Waals surface area contributed by atoms with E-state index in [0.717, 1.165) is 11.6 Å². The highest BCUT2D eigenvalue weighted by atomic mass is 79.9. The lowest BCUT2D eigenvalue weighted by molar-refractivity contribution is 0.0697. The van der Waals surface area contributed by atoms with Gasteiger partial charge in [0.2, 0.25) is 0 Å². The number of hydrogen-bond donors (Lipinski definition) is 2. The minimum absolute atomic E-state index is 0.299. The molecule has 108 valence electrons. The Kier molecular flexibility index (Phi) is 4.37. The van der Waals surface area contributed by atoms with Gasteiger partial charge in [0.25, 0.3) is 5.91 Å². The highest BCUT2D eigenvalue weighted by Crippen LogP contribution is 2.23. The molecular weight excluding hydrogens is 341 g/mol. The molecule has 0 saturated carbocycles. The molecule has 2 N–H and O–H groups in total. The molecule has 2 aromatic rings. The molecule has 0 saturated heterocycles. The number of para-hydroxylation sites is 1. The topological polar surface area (TPSA) is 66.4 Å². The lowest BCUT2D eigenvalue weighted by Crippen LogP contribution is -2.16. The number of carboxylic acid groups (broad SMARTS) is 1. The van der Waals surface area contributed by atoms with Gasteiger partial charge in [-0.25, -0.2) is 9.18 Å². The van der Waals surface area contributed by atoms with Gasteiger partial charge in [0.1, 0.15) is 5.82 Å². The molecule has 2 aromatic carbocycles. The summed E-state index contributed by atoms with van der Waals surface area (Å²) in [4.78, 5) is 23.3. The zero-order valence-electron chi connectivity index (χ0n) is 11.0. The van der Waals surface area contributed by atoms with Crippen LogP contribution in [0.5, 0.6) is 0 Å². The van der Waals surface area contributed by atoms with Crippen LogP contribution in [0.3, 0.4) is 0 Å². The number of hydrogen-bond acceptors (Lipinski definition) is 2. The zero-order chi connectivity index (χ0) is 15.6. The van der Waals surface area contributed by atoms with E-state index >= 15 is 0 Å². The monoisotopic (exact) mass is 351 g/mol. The van der Waals surface area contributed by atoms with Crippen molar-refractivity contribution in [3.05, 3.63) is 63.4 Å². The minimum Gasteiger partial charge on any atom is -0.478 e. The zero-order valence-corrected chi connectivity index (χ0v) is 12.6. The van der Waals surface area contributed by atoms with Crippen LogP contribution in [0.2, 0.25) is 0 Å². The lowest BCUT2D eigenvalue weighted by Gasteiger charge is -2.11. The van der Waals surface area contributed by atoms with E-state index in [0.29, 0.717) is 10.0 Å². The first-order chi connectivity index (χ1) is 9.90. The first-order valence-electron chi connectivity index (χ1n) is 5.99. The quantitative estimate of drug-likeness (QED) is 0.882. The number of carboxylic acids is 1. The highest BCUT2D eigenvalue weighted by molar-refractivity contribution is 9.10. The number of rotatable bonds is 3. The van der Waals surface area contributed by atoms with E-state index in [9.17, 15) is 14.0 Å². The van der Waals surface area contributed by atoms with E-state index < -0.39 is 17.7 Å². The molecule has 0 heterocycles. The number of halogens is 2. The second-order valence-corrected chi connectivity index (χ2v) is 5.26. The molecule has 1 amide bonds. The first kappa shape index (κ1) is 15.2. The Morgan fingerprint density at radius 2 is 1.90 bits per heavy atom. The Balaban J connectivity index is 2.41. The van der Waals surface area contributed by atoms with Gasteiger partial charge in [-0.15, -0.1) is 0 Å². The van der Waals surface area contributed by atoms with Gasteiger partial charge in [0, 0.05) is 4.47 Å². The van der Waals surface area contributed by atoms with Crippen molar-refractivity contribution in [3.63, 3.8) is 0 Å². The molecule has 0 bridgehead atoms. The van der Waals surface area contributed by atoms with Gasteiger partial charge < -0.3 is 10.4 Å². The Bertz CT molecular complexity index is 731. The SMILES string of the molecule is Cc1ccc(Br)c(C(=O)Nc2c(F)cccc2C(=O)O)c1. The van der Waals surface area contributed by atoms with E-state index in [4.69, 9.17) is 5.11 Å². The van der Waals surface area contributed by atoms with Crippen molar-refractivity contribution >= 4 is 33.5 Å². The normalized spacial score (nSPS) is 10.2. The summed E-state index contributed by atoms with van der Waals surface area (Å²) in [6, 6.07) is 8.73. The molecule has 0 aliphatic rings. The van der Waals surface area contributed by atoms with Crippen LogP contribution in [0.15, 0.2) is 40.9 Å². The lowest BCUT2D eigenvalue weighted by atomic mass is 10.1. The second kappa shape index (κ2) is 6.05. The third kappa shape index (κ3) is 3.28. The van der Waals surface area contributed by atoms with Gasteiger partial charge in [-0.05, 0) is 47.1 Å². The van der Waals surface area contributed by atoms with E-state index in [2.05, 4.69) is 21.2 Å². The van der Waals surface area contributed by atoms with Gasteiger partial charge in [-0.2, -0.15) is 0 Å². The number of amides is 1. The standard InChI is InChI=1S/C15H11BrFNO3/c1-8-5-6-11(16)10(7-8)14(19)18-13-9(15(20)21)3-2-4-12(13)17/h2-7H,1H3,(H,18,19)(H,20,21). The number of carbonyl (C=O) groups excluding carboxylic acids is 1. The van der Waals surface area contributed by atoms with E-state index in [1.807, 2.05) is 13.0 Å². The molecule has 6 heteroatoms. The smallest absolute Gasteiger partial charge is 0.337 e. The summed E-state index contributed by atoms with van der Waals surface area (Å²) in [7, 11) is 0. The van der Waals surface area contributed by atoms with E-state index in [1.165, 1.54) is 12.1 Å². The number of benzene rings is 2. The molecule has 0 aliphatic heterocycles. The average Bonchev–Trinajstić information content (AvgIpc) is 2.43. The average molecular weight is 352 g/mol. The van der Waals surface area contributed by atoms with E-state index in [1.54, 1.807) is 12.1 Å². The Hall–Kier alpha value is -2.21. The van der Waals surface area contributed by atoms with Crippen LogP contribution in [0.1, 0.15) is 26.3 Å². The molecule has 0 atom stereocenters. The van der Waals surface area contributed by atoms with Crippen molar-refractivity contribution in [1.82, 2.24) is 0 Å². The maximum Gasteiger partial charge on any atom is 0.337 e. The van der Waals surface area contributed by atoms with Crippen molar-refractivity contribution in [2.75, 3.05) is 5.32 Å². The number of anilines is 1. The Morgan fingerprint density at radius 3 is 2.57 bits per heavy atom. The van der Waals surface area contributed by atoms with Crippen LogP contribution in [-0.2, 0) is 0 Å². The molecule has 0 aromatic heterocycles. The number of nitrogens with one attached hydrogen (secondary N) is 1. The number of carbonyl (C=O) groups is 2. The van der Waals surface area contributed by atoms with Crippen molar-refractivity contribution in [1.29, 1.82) is 0 Å². The summed E-state index contributed by atoms with van der Waals surface area (Å²) in [6.45, 7) is 1.81. The maximum absolute atomic E-state index is 13.8. The summed E-state index contributed by atoms with van der Waals surface area (Å²) in [5.74, 6) is -2.70. The number of aromatic carboxylic acids is 1. The molecule has 4 nitrogen and oxygen atoms in total. The third-order valence-corrected chi connectivity index (χ3v) is 3.54. The number of aryl methyl sites for hydroxylation is 1. The predicted octanol–water partition coefficient (Wildman–Crippen LogP) is 3.85. The van der Waals surface area contributed by atoms with Crippen LogP contribution in [0.4, 0.5) is 10.1 Å². The van der Waals surface area contributed by atoms with Crippen LogP contribution < -0.4 is 5.32 Å². The second-order valence-electron chi connectivity index (χ2n) is 4.40. The fourth-order valence-electron chi connectivity index (χ4n) is 1.82. The van der Waals surface area contributed by atoms with Gasteiger partial charge in [0.05, 0.1) is 16.8 Å². The van der Waals surface area contributed by atoms with Crippen LogP contribution in [0, 0.1) is 12.7 Å². The summed E-state index contributed by atoms with van der Waals surface area (Å²) < 4.78 is 14.3. The third-order valence-electron chi connectivity index (χ3n) is 2.85. The van der Waals surface area contributed by atoms with Crippen molar-refractivity contribution in [3.8, 4) is 0 Å². The largest absolute Gasteiger partial charge is 0.478 e. The van der Waals surface area contributed by atoms with Crippen molar-refractivity contribution < 1.29 is 19.1 Å². The van der Waals surface area contributed by atoms with Gasteiger partial charge >= 0.3 is 5.97 Å². The van der Waals surface area contributed by atoms with Gasteiger partial charge in [0.15, 0.2) is 0 Å². The molecule has 0 fully saturated rings. The predicted molar refractivity (Wildman–Crippen MR) is 80.2 cm³/mol. The molecule has 0 radical (unpaired) electrons. The van der Waals surface area contributed by atoms with Crippen molar-refractivity contribution in [2.24, 2.45) is 0 Å². The molecule has 21 heavy (non-hydrogen) atoms. The Labute approximate surface area is 128 Å². The molecule has 0 unspecified atom stereocenters. The first-order valence-corrected chi connectivity index (χ1v) is 6.78. The van der Waals surface area contributed by atoms with Crippen LogP contribution in [0.25, 0.3) is 0 Å². The summed E-state index contributed by atoms with van der Waals surface area (Å²) in [5.41, 5.74) is 0.514. The highest BCUT2D eigenvalue weighted by Gasteiger charge is 2.18. The summed E-state index contributed by atoms with van der Waals surface area (Å²) >= 11 is 3.24.